The standard InChI is InChI=1S/C14H17N3O2/c1-9(2)12-13(15)16-8-17-14(12)19-11-7-5-4-6-10(11)18-3/h4-9H,1-3H3,(H2,15,16,17). The number of hydrogen-bond donors (Lipinski definition) is 1. The Bertz CT molecular complexity index is 570. The molecular weight excluding hydrogens is 242 g/mol. The fraction of sp³-hybridized carbons (Fsp3) is 0.286. The van der Waals surface area contributed by atoms with Gasteiger partial charge in [0.25, 0.3) is 0 Å². The first-order chi connectivity index (χ1) is 9.13. The predicted octanol–water partition coefficient (Wildman–Crippen LogP) is 2.98. The smallest absolute Gasteiger partial charge is 0.228 e. The second-order valence-electron chi connectivity index (χ2n) is 4.39. The third-order valence-electron chi connectivity index (χ3n) is 2.73. The van der Waals surface area contributed by atoms with Crippen molar-refractivity contribution in [3.05, 3.63) is 36.2 Å². The topological polar surface area (TPSA) is 70.3 Å². The molecule has 0 aliphatic rings. The van der Waals surface area contributed by atoms with Crippen LogP contribution in [0.25, 0.3) is 0 Å². The number of benzene rings is 1. The molecule has 1 aromatic carbocycles. The van der Waals surface area contributed by atoms with E-state index in [0.29, 0.717) is 23.2 Å². The fourth-order valence-corrected chi connectivity index (χ4v) is 1.82. The van der Waals surface area contributed by atoms with Crippen LogP contribution >= 0.6 is 0 Å². The molecule has 100 valence electrons. The third kappa shape index (κ3) is 2.76. The predicted molar refractivity (Wildman–Crippen MR) is 73.6 cm³/mol. The Morgan fingerprint density at radius 3 is 2.42 bits per heavy atom. The van der Waals surface area contributed by atoms with E-state index in [1.54, 1.807) is 7.11 Å². The van der Waals surface area contributed by atoms with E-state index in [0.717, 1.165) is 5.56 Å². The molecule has 2 rings (SSSR count). The van der Waals surface area contributed by atoms with Gasteiger partial charge in [-0.05, 0) is 18.1 Å². The first-order valence-electron chi connectivity index (χ1n) is 6.04. The minimum Gasteiger partial charge on any atom is -0.493 e. The van der Waals surface area contributed by atoms with Crippen molar-refractivity contribution in [3.8, 4) is 17.4 Å². The Kier molecular flexibility index (Phi) is 3.85. The van der Waals surface area contributed by atoms with Crippen molar-refractivity contribution in [3.63, 3.8) is 0 Å². The normalized spacial score (nSPS) is 10.5. The Morgan fingerprint density at radius 1 is 1.11 bits per heavy atom. The van der Waals surface area contributed by atoms with Crippen molar-refractivity contribution in [1.29, 1.82) is 0 Å². The van der Waals surface area contributed by atoms with Crippen LogP contribution in [0.5, 0.6) is 17.4 Å². The molecule has 0 atom stereocenters. The van der Waals surface area contributed by atoms with E-state index in [1.165, 1.54) is 6.33 Å². The van der Waals surface area contributed by atoms with Gasteiger partial charge in [0.05, 0.1) is 12.7 Å². The van der Waals surface area contributed by atoms with Gasteiger partial charge in [0.1, 0.15) is 12.1 Å². The van der Waals surface area contributed by atoms with Gasteiger partial charge in [-0.3, -0.25) is 0 Å². The molecule has 0 spiro atoms. The van der Waals surface area contributed by atoms with Crippen molar-refractivity contribution in [2.24, 2.45) is 0 Å². The zero-order valence-electron chi connectivity index (χ0n) is 11.3. The molecule has 0 unspecified atom stereocenters. The van der Waals surface area contributed by atoms with Crippen LogP contribution < -0.4 is 15.2 Å². The highest BCUT2D eigenvalue weighted by molar-refractivity contribution is 5.49. The number of rotatable bonds is 4. The first kappa shape index (κ1) is 13.1. The molecule has 0 amide bonds. The number of ether oxygens (including phenoxy) is 2. The average molecular weight is 259 g/mol. The van der Waals surface area contributed by atoms with Crippen molar-refractivity contribution in [2.45, 2.75) is 19.8 Å². The van der Waals surface area contributed by atoms with Crippen LogP contribution in [0.4, 0.5) is 5.82 Å². The molecule has 0 bridgehead atoms. The minimum absolute atomic E-state index is 0.172. The summed E-state index contributed by atoms with van der Waals surface area (Å²) in [4.78, 5) is 8.16. The van der Waals surface area contributed by atoms with Crippen LogP contribution in [0, 0.1) is 0 Å². The van der Waals surface area contributed by atoms with Gasteiger partial charge in [-0.2, -0.15) is 0 Å². The molecule has 2 N–H and O–H groups in total. The van der Waals surface area contributed by atoms with Gasteiger partial charge in [0.15, 0.2) is 11.5 Å². The van der Waals surface area contributed by atoms with Crippen LogP contribution in [0.3, 0.4) is 0 Å². The molecule has 0 saturated carbocycles. The quantitative estimate of drug-likeness (QED) is 0.914. The number of aromatic nitrogens is 2. The summed E-state index contributed by atoms with van der Waals surface area (Å²) in [5, 5.41) is 0. The van der Waals surface area contributed by atoms with E-state index in [9.17, 15) is 0 Å². The van der Waals surface area contributed by atoms with Crippen LogP contribution in [-0.2, 0) is 0 Å². The molecule has 0 fully saturated rings. The first-order valence-corrected chi connectivity index (χ1v) is 6.04. The van der Waals surface area contributed by atoms with Gasteiger partial charge in [-0.1, -0.05) is 26.0 Å². The Hall–Kier alpha value is -2.30. The summed E-state index contributed by atoms with van der Waals surface area (Å²) in [7, 11) is 1.60. The zero-order valence-corrected chi connectivity index (χ0v) is 11.3. The highest BCUT2D eigenvalue weighted by atomic mass is 16.5. The van der Waals surface area contributed by atoms with Crippen LogP contribution in [0.2, 0.25) is 0 Å². The number of methoxy groups -OCH3 is 1. The Morgan fingerprint density at radius 2 is 1.79 bits per heavy atom. The lowest BCUT2D eigenvalue weighted by Gasteiger charge is -2.15. The van der Waals surface area contributed by atoms with Crippen LogP contribution in [0.1, 0.15) is 25.3 Å². The highest BCUT2D eigenvalue weighted by Gasteiger charge is 2.16. The van der Waals surface area contributed by atoms with Gasteiger partial charge in [0, 0.05) is 0 Å². The van der Waals surface area contributed by atoms with Crippen molar-refractivity contribution in [2.75, 3.05) is 12.8 Å². The van der Waals surface area contributed by atoms with E-state index in [2.05, 4.69) is 9.97 Å². The third-order valence-corrected chi connectivity index (χ3v) is 2.73. The maximum absolute atomic E-state index is 5.88. The largest absolute Gasteiger partial charge is 0.493 e. The van der Waals surface area contributed by atoms with E-state index in [1.807, 2.05) is 38.1 Å². The summed E-state index contributed by atoms with van der Waals surface area (Å²) in [6.07, 6.45) is 1.39. The van der Waals surface area contributed by atoms with Gasteiger partial charge < -0.3 is 15.2 Å². The molecule has 1 heterocycles. The number of nitrogen functional groups attached to an aromatic ring is 1. The van der Waals surface area contributed by atoms with Crippen molar-refractivity contribution in [1.82, 2.24) is 9.97 Å². The number of nitrogens with two attached hydrogens (primary N) is 1. The van der Waals surface area contributed by atoms with Gasteiger partial charge in [-0.15, -0.1) is 0 Å². The minimum atomic E-state index is 0.172. The van der Waals surface area contributed by atoms with Crippen LogP contribution in [0.15, 0.2) is 30.6 Å². The molecular formula is C14H17N3O2. The molecule has 0 aliphatic carbocycles. The number of hydrogen-bond acceptors (Lipinski definition) is 5. The van der Waals surface area contributed by atoms with Gasteiger partial charge in [0.2, 0.25) is 5.88 Å². The second-order valence-corrected chi connectivity index (χ2v) is 4.39. The summed E-state index contributed by atoms with van der Waals surface area (Å²) in [6.45, 7) is 4.04. The van der Waals surface area contributed by atoms with Crippen molar-refractivity contribution < 1.29 is 9.47 Å². The van der Waals surface area contributed by atoms with Crippen LogP contribution in [-0.4, -0.2) is 17.1 Å². The van der Waals surface area contributed by atoms with E-state index >= 15 is 0 Å². The number of nitrogens with zero attached hydrogens (tertiary/aromatic N) is 2. The number of para-hydroxylation sites is 2. The van der Waals surface area contributed by atoms with Gasteiger partial charge >= 0.3 is 0 Å². The summed E-state index contributed by atoms with van der Waals surface area (Å²) in [6, 6.07) is 7.40. The molecule has 2 aromatic rings. The van der Waals surface area contributed by atoms with Crippen molar-refractivity contribution >= 4 is 5.82 Å². The van der Waals surface area contributed by atoms with Gasteiger partial charge in [-0.25, -0.2) is 9.97 Å². The van der Waals surface area contributed by atoms with E-state index < -0.39 is 0 Å². The SMILES string of the molecule is COc1ccccc1Oc1ncnc(N)c1C(C)C. The fourth-order valence-electron chi connectivity index (χ4n) is 1.82. The highest BCUT2D eigenvalue weighted by Crippen LogP contribution is 2.35. The Labute approximate surface area is 112 Å². The average Bonchev–Trinajstić information content (AvgIpc) is 2.39. The molecule has 1 aromatic heterocycles. The summed E-state index contributed by atoms with van der Waals surface area (Å²) in [5.41, 5.74) is 6.68. The summed E-state index contributed by atoms with van der Waals surface area (Å²) < 4.78 is 11.1. The zero-order chi connectivity index (χ0) is 13.8. The van der Waals surface area contributed by atoms with E-state index in [-0.39, 0.29) is 5.92 Å². The lowest BCUT2D eigenvalue weighted by molar-refractivity contribution is 0.371. The summed E-state index contributed by atoms with van der Waals surface area (Å²) in [5.74, 6) is 2.33. The molecule has 0 aliphatic heterocycles. The summed E-state index contributed by atoms with van der Waals surface area (Å²) >= 11 is 0. The maximum atomic E-state index is 5.88. The second kappa shape index (κ2) is 5.56. The molecule has 0 radical (unpaired) electrons. The monoisotopic (exact) mass is 259 g/mol. The number of anilines is 1. The maximum Gasteiger partial charge on any atom is 0.228 e. The lowest BCUT2D eigenvalue weighted by Crippen LogP contribution is -2.04. The molecule has 5 nitrogen and oxygen atoms in total. The molecule has 5 heteroatoms. The molecule has 0 saturated heterocycles. The lowest BCUT2D eigenvalue weighted by atomic mass is 10.1. The molecule has 19 heavy (non-hydrogen) atoms. The van der Waals surface area contributed by atoms with E-state index in [4.69, 9.17) is 15.2 Å². The Balaban J connectivity index is 2.41.